The van der Waals surface area contributed by atoms with Gasteiger partial charge in [-0.1, -0.05) is 144 Å². The Bertz CT molecular complexity index is 3490. The average molecular weight is 751 g/mol. The van der Waals surface area contributed by atoms with Crippen molar-refractivity contribution in [2.75, 3.05) is 0 Å². The summed E-state index contributed by atoms with van der Waals surface area (Å²) in [6.45, 7) is 0. The molecule has 10 radical (unpaired) electrons. The predicted molar refractivity (Wildman–Crippen MR) is 254 cm³/mol. The van der Waals surface area contributed by atoms with Crippen LogP contribution in [0.1, 0.15) is 0 Å². The smallest absolute Gasteiger partial charge is 0.164 e. The summed E-state index contributed by atoms with van der Waals surface area (Å²) in [4.78, 5) is 15.2. The minimum absolute atomic E-state index is 0.171. The molecule has 11 aromatic rings. The van der Waals surface area contributed by atoms with Gasteiger partial charge in [-0.2, -0.15) is 0 Å². The van der Waals surface area contributed by atoms with Crippen molar-refractivity contribution in [1.29, 1.82) is 0 Å². The standard InChI is InChI=1S/C51H26B5N3O/c52-44-42(45(53)47(55)48(56)46(44)54)27-17-19-29(20-18-27)50-57-49(28-9-2-1-3-10-28)58-51(59-50)37-15-8-16-41-43(37)39-26-31(22-24-40(39)60-41)30-21-23-36-34-13-5-4-11-32(34)33-12-6-7-14-35(33)38(36)25-30/h1-26H. The van der Waals surface area contributed by atoms with Crippen LogP contribution < -0.4 is 27.3 Å². The van der Waals surface area contributed by atoms with E-state index in [0.717, 1.165) is 55.3 Å². The fraction of sp³-hybridized carbons (Fsp3) is 0. The molecule has 4 nitrogen and oxygen atoms in total. The van der Waals surface area contributed by atoms with Crippen LogP contribution in [-0.4, -0.2) is 54.2 Å². The van der Waals surface area contributed by atoms with Crippen LogP contribution in [0.2, 0.25) is 0 Å². The first-order chi connectivity index (χ1) is 29.3. The fourth-order valence-electron chi connectivity index (χ4n) is 8.57. The van der Waals surface area contributed by atoms with E-state index in [2.05, 4.69) is 84.9 Å². The average Bonchev–Trinajstić information content (AvgIpc) is 3.69. The molecule has 0 unspecified atom stereocenters. The number of furan rings is 1. The first-order valence-electron chi connectivity index (χ1n) is 19.6. The summed E-state index contributed by atoms with van der Waals surface area (Å²) >= 11 is 0. The normalized spacial score (nSPS) is 11.7. The highest BCUT2D eigenvalue weighted by Crippen LogP contribution is 2.41. The van der Waals surface area contributed by atoms with Crippen molar-refractivity contribution < 1.29 is 4.42 Å². The number of hydrogen-bond acceptors (Lipinski definition) is 4. The van der Waals surface area contributed by atoms with E-state index in [4.69, 9.17) is 58.6 Å². The second-order valence-electron chi connectivity index (χ2n) is 15.0. The second kappa shape index (κ2) is 14.0. The number of rotatable bonds is 5. The molecular formula is C51H26B5N3O. The number of hydrogen-bond donors (Lipinski definition) is 0. The van der Waals surface area contributed by atoms with Crippen LogP contribution in [0.3, 0.4) is 0 Å². The molecule has 9 heteroatoms. The van der Waals surface area contributed by atoms with Crippen LogP contribution in [0.5, 0.6) is 0 Å². The molecule has 0 aliphatic rings. The molecule has 60 heavy (non-hydrogen) atoms. The number of benzene rings is 9. The molecular weight excluding hydrogens is 725 g/mol. The Labute approximate surface area is 352 Å². The van der Waals surface area contributed by atoms with Gasteiger partial charge in [0.2, 0.25) is 0 Å². The van der Waals surface area contributed by atoms with Gasteiger partial charge in [0.1, 0.15) is 50.4 Å². The summed E-state index contributed by atoms with van der Waals surface area (Å²) in [6.07, 6.45) is 0. The van der Waals surface area contributed by atoms with E-state index in [1.165, 1.54) is 32.3 Å². The maximum Gasteiger partial charge on any atom is 0.164 e. The van der Waals surface area contributed by atoms with Crippen molar-refractivity contribution in [1.82, 2.24) is 15.0 Å². The summed E-state index contributed by atoms with van der Waals surface area (Å²) < 4.78 is 6.49. The van der Waals surface area contributed by atoms with Crippen LogP contribution in [0.15, 0.2) is 162 Å². The maximum absolute atomic E-state index is 6.49. The third-order valence-electron chi connectivity index (χ3n) is 11.6. The first-order valence-corrected chi connectivity index (χ1v) is 19.6. The van der Waals surface area contributed by atoms with Gasteiger partial charge in [-0.05, 0) is 78.8 Å². The van der Waals surface area contributed by atoms with E-state index in [0.29, 0.717) is 23.0 Å². The van der Waals surface area contributed by atoms with Crippen molar-refractivity contribution >= 4 is 121 Å². The molecule has 0 spiro atoms. The van der Waals surface area contributed by atoms with Crippen LogP contribution in [0.25, 0.3) is 111 Å². The van der Waals surface area contributed by atoms with Gasteiger partial charge in [0, 0.05) is 27.5 Å². The lowest BCUT2D eigenvalue weighted by molar-refractivity contribution is 0.669. The highest BCUT2D eigenvalue weighted by atomic mass is 16.3. The van der Waals surface area contributed by atoms with Gasteiger partial charge < -0.3 is 4.42 Å². The number of fused-ring (bicyclic) bond motifs is 9. The molecule has 0 bridgehead atoms. The van der Waals surface area contributed by atoms with E-state index >= 15 is 0 Å². The predicted octanol–water partition coefficient (Wildman–Crippen LogP) is 7.53. The highest BCUT2D eigenvalue weighted by Gasteiger charge is 2.20. The summed E-state index contributed by atoms with van der Waals surface area (Å²) in [5.41, 5.74) is 8.49. The molecule has 0 saturated heterocycles. The SMILES string of the molecule is [B]c1c([B])c([B])c(-c2ccc(-c3nc(-c4ccccc4)nc(-c4cccc5oc6ccc(-c7ccc8c9ccccc9c9ccccc9c8c7)cc6c45)n3)cc2)c([B])c1[B]. The van der Waals surface area contributed by atoms with E-state index in [1.807, 2.05) is 72.8 Å². The summed E-state index contributed by atoms with van der Waals surface area (Å²) in [7, 11) is 31.2. The van der Waals surface area contributed by atoms with Gasteiger partial charge in [-0.15, -0.1) is 16.4 Å². The Morgan fingerprint density at radius 3 is 1.42 bits per heavy atom. The van der Waals surface area contributed by atoms with Crippen molar-refractivity contribution in [3.63, 3.8) is 0 Å². The van der Waals surface area contributed by atoms with Gasteiger partial charge in [-0.3, -0.25) is 0 Å². The fourth-order valence-corrected chi connectivity index (χ4v) is 8.57. The van der Waals surface area contributed by atoms with E-state index < -0.39 is 0 Å². The molecule has 0 fully saturated rings. The Morgan fingerprint density at radius 2 is 0.783 bits per heavy atom. The Hall–Kier alpha value is -7.11. The lowest BCUT2D eigenvalue weighted by Gasteiger charge is -2.21. The largest absolute Gasteiger partial charge is 0.456 e. The molecule has 2 heterocycles. The van der Waals surface area contributed by atoms with Crippen molar-refractivity contribution in [2.45, 2.75) is 0 Å². The molecule has 0 atom stereocenters. The third-order valence-corrected chi connectivity index (χ3v) is 11.6. The van der Waals surface area contributed by atoms with E-state index in [9.17, 15) is 0 Å². The lowest BCUT2D eigenvalue weighted by atomic mass is 9.59. The molecule has 2 aromatic heterocycles. The maximum atomic E-state index is 6.49. The minimum Gasteiger partial charge on any atom is -0.456 e. The van der Waals surface area contributed by atoms with Gasteiger partial charge in [0.25, 0.3) is 0 Å². The van der Waals surface area contributed by atoms with E-state index in [-0.39, 0.29) is 27.3 Å². The molecule has 11 rings (SSSR count). The van der Waals surface area contributed by atoms with Gasteiger partial charge in [-0.25, -0.2) is 15.0 Å². The van der Waals surface area contributed by atoms with Crippen LogP contribution in [0, 0.1) is 0 Å². The van der Waals surface area contributed by atoms with Crippen molar-refractivity contribution in [2.24, 2.45) is 0 Å². The summed E-state index contributed by atoms with van der Waals surface area (Å²) in [5, 5.41) is 9.30. The summed E-state index contributed by atoms with van der Waals surface area (Å²) in [6, 6.07) is 53.9. The monoisotopic (exact) mass is 751 g/mol. The van der Waals surface area contributed by atoms with Gasteiger partial charge in [0.15, 0.2) is 17.5 Å². The zero-order valence-electron chi connectivity index (χ0n) is 32.1. The molecule has 266 valence electrons. The quantitative estimate of drug-likeness (QED) is 0.135. The van der Waals surface area contributed by atoms with Crippen LogP contribution in [0.4, 0.5) is 0 Å². The Kier molecular flexibility index (Phi) is 8.42. The molecule has 0 saturated carbocycles. The number of aromatic nitrogens is 3. The molecule has 0 aliphatic heterocycles. The van der Waals surface area contributed by atoms with Crippen molar-refractivity contribution in [3.05, 3.63) is 158 Å². The zero-order valence-corrected chi connectivity index (χ0v) is 32.1. The second-order valence-corrected chi connectivity index (χ2v) is 15.0. The minimum atomic E-state index is 0.171. The zero-order chi connectivity index (χ0) is 40.6. The van der Waals surface area contributed by atoms with Gasteiger partial charge >= 0.3 is 0 Å². The van der Waals surface area contributed by atoms with Crippen LogP contribution in [-0.2, 0) is 0 Å². The Balaban J connectivity index is 1.07. The summed E-state index contributed by atoms with van der Waals surface area (Å²) in [5.74, 6) is 1.54. The van der Waals surface area contributed by atoms with E-state index in [1.54, 1.807) is 0 Å². The van der Waals surface area contributed by atoms with Crippen LogP contribution >= 0.6 is 0 Å². The molecule has 0 aliphatic carbocycles. The molecule has 0 amide bonds. The topological polar surface area (TPSA) is 51.8 Å². The Morgan fingerprint density at radius 1 is 0.317 bits per heavy atom. The van der Waals surface area contributed by atoms with Gasteiger partial charge in [0.05, 0.1) is 0 Å². The van der Waals surface area contributed by atoms with Crippen molar-refractivity contribution in [3.8, 4) is 56.4 Å². The lowest BCUT2D eigenvalue weighted by Crippen LogP contribution is -2.55. The first kappa shape index (κ1) is 36.0. The third kappa shape index (κ3) is 5.72. The number of nitrogens with zero attached hydrogens (tertiary/aromatic N) is 3. The molecule has 9 aromatic carbocycles. The molecule has 0 N–H and O–H groups in total. The highest BCUT2D eigenvalue weighted by molar-refractivity contribution is 6.68.